The Bertz CT molecular complexity index is 689. The van der Waals surface area contributed by atoms with E-state index in [-0.39, 0.29) is 11.4 Å². The molecular weight excluding hydrogens is 294 g/mol. The zero-order valence-electron chi connectivity index (χ0n) is 12.5. The summed E-state index contributed by atoms with van der Waals surface area (Å²) in [7, 11) is 0. The van der Waals surface area contributed by atoms with E-state index >= 15 is 0 Å². The smallest absolute Gasteiger partial charge is 0.222 e. The first-order valence-corrected chi connectivity index (χ1v) is 8.74. The first kappa shape index (κ1) is 13.8. The number of thiophene rings is 1. The summed E-state index contributed by atoms with van der Waals surface area (Å²) in [5.74, 6) is 1.94. The predicted octanol–water partition coefficient (Wildman–Crippen LogP) is 2.90. The van der Waals surface area contributed by atoms with Gasteiger partial charge in [0.25, 0.3) is 0 Å². The number of hydrogen-bond acceptors (Lipinski definition) is 6. The van der Waals surface area contributed by atoms with Crippen LogP contribution in [0.3, 0.4) is 0 Å². The molecule has 6 N–H and O–H groups in total. The van der Waals surface area contributed by atoms with Crippen molar-refractivity contribution in [3.8, 4) is 0 Å². The maximum absolute atomic E-state index is 6.22. The summed E-state index contributed by atoms with van der Waals surface area (Å²) in [4.78, 5) is 8.50. The first-order valence-electron chi connectivity index (χ1n) is 7.80. The summed E-state index contributed by atoms with van der Waals surface area (Å²) in [6.45, 7) is 0. The van der Waals surface area contributed by atoms with Crippen LogP contribution >= 0.6 is 11.3 Å². The van der Waals surface area contributed by atoms with Crippen molar-refractivity contribution in [1.29, 1.82) is 0 Å². The number of nitrogens with two attached hydrogens (primary N) is 3. The molecule has 0 spiro atoms. The lowest BCUT2D eigenvalue weighted by Gasteiger charge is -2.51. The molecule has 2 aromatic heterocycles. The van der Waals surface area contributed by atoms with Gasteiger partial charge in [-0.05, 0) is 66.3 Å². The molecule has 0 aromatic carbocycles. The fourth-order valence-electron chi connectivity index (χ4n) is 4.51. The lowest BCUT2D eigenvalue weighted by atomic mass is 9.54. The van der Waals surface area contributed by atoms with E-state index in [0.29, 0.717) is 17.4 Å². The quantitative estimate of drug-likeness (QED) is 0.790. The largest absolute Gasteiger partial charge is 0.394 e. The highest BCUT2D eigenvalue weighted by Gasteiger charge is 2.49. The number of rotatable bonds is 2. The molecule has 1 unspecified atom stereocenters. The van der Waals surface area contributed by atoms with Crippen molar-refractivity contribution in [3.05, 3.63) is 28.1 Å². The molecule has 6 heteroatoms. The molecule has 5 nitrogen and oxygen atoms in total. The molecule has 1 atom stereocenters. The standard InChI is InChI=1S/C16H21N5S/c17-12-13(20-15(19)21-14(12)18)16-4-1-9(2-5-16)11(7-16)10-3-6-22-8-10/h3,6,8-9,11H,1-2,4-5,7,17H2,(H4,18,19,20,21). The van der Waals surface area contributed by atoms with Gasteiger partial charge in [0, 0.05) is 5.41 Å². The van der Waals surface area contributed by atoms with E-state index in [1.165, 1.54) is 18.4 Å². The molecule has 2 aromatic rings. The van der Waals surface area contributed by atoms with Gasteiger partial charge in [-0.1, -0.05) is 0 Å². The summed E-state index contributed by atoms with van der Waals surface area (Å²) in [6, 6.07) is 2.26. The summed E-state index contributed by atoms with van der Waals surface area (Å²) in [5.41, 5.74) is 20.9. The Morgan fingerprint density at radius 2 is 1.91 bits per heavy atom. The van der Waals surface area contributed by atoms with Crippen molar-refractivity contribution in [1.82, 2.24) is 9.97 Å². The molecule has 116 valence electrons. The van der Waals surface area contributed by atoms with Crippen LogP contribution in [0.5, 0.6) is 0 Å². The Morgan fingerprint density at radius 1 is 1.14 bits per heavy atom. The van der Waals surface area contributed by atoms with Gasteiger partial charge in [-0.2, -0.15) is 16.3 Å². The fraction of sp³-hybridized carbons (Fsp3) is 0.500. The van der Waals surface area contributed by atoms with Crippen LogP contribution in [0.25, 0.3) is 0 Å². The molecule has 3 aliphatic carbocycles. The summed E-state index contributed by atoms with van der Waals surface area (Å²) in [5, 5.41) is 4.45. The van der Waals surface area contributed by atoms with Crippen LogP contribution in [0, 0.1) is 5.92 Å². The van der Waals surface area contributed by atoms with Gasteiger partial charge in [-0.15, -0.1) is 0 Å². The molecule has 2 bridgehead atoms. The minimum atomic E-state index is 0.0105. The van der Waals surface area contributed by atoms with Gasteiger partial charge in [-0.3, -0.25) is 0 Å². The van der Waals surface area contributed by atoms with Crippen molar-refractivity contribution in [2.75, 3.05) is 17.2 Å². The number of aromatic nitrogens is 2. The zero-order valence-corrected chi connectivity index (χ0v) is 13.3. The first-order chi connectivity index (χ1) is 10.6. The van der Waals surface area contributed by atoms with E-state index in [9.17, 15) is 0 Å². The Labute approximate surface area is 133 Å². The minimum absolute atomic E-state index is 0.0105. The average molecular weight is 315 g/mol. The number of nitrogen functional groups attached to an aromatic ring is 3. The number of hydrogen-bond donors (Lipinski definition) is 3. The molecule has 0 amide bonds. The average Bonchev–Trinajstić information content (AvgIpc) is 3.06. The molecule has 0 saturated heterocycles. The Balaban J connectivity index is 1.77. The maximum Gasteiger partial charge on any atom is 0.222 e. The minimum Gasteiger partial charge on any atom is -0.394 e. The third kappa shape index (κ3) is 1.97. The van der Waals surface area contributed by atoms with Crippen LogP contribution in [-0.2, 0) is 5.41 Å². The molecule has 3 fully saturated rings. The van der Waals surface area contributed by atoms with Gasteiger partial charge in [0.05, 0.1) is 11.4 Å². The monoisotopic (exact) mass is 315 g/mol. The van der Waals surface area contributed by atoms with Crippen LogP contribution in [0.2, 0.25) is 0 Å². The fourth-order valence-corrected chi connectivity index (χ4v) is 5.23. The number of anilines is 3. The van der Waals surface area contributed by atoms with Gasteiger partial charge in [0.1, 0.15) is 0 Å². The second-order valence-electron chi connectivity index (χ2n) is 6.71. The van der Waals surface area contributed by atoms with E-state index < -0.39 is 0 Å². The van der Waals surface area contributed by atoms with E-state index in [1.54, 1.807) is 11.3 Å². The third-order valence-corrected chi connectivity index (χ3v) is 6.33. The summed E-state index contributed by atoms with van der Waals surface area (Å²) < 4.78 is 0. The molecule has 5 rings (SSSR count). The van der Waals surface area contributed by atoms with E-state index in [2.05, 4.69) is 26.8 Å². The summed E-state index contributed by atoms with van der Waals surface area (Å²) in [6.07, 6.45) is 5.79. The van der Waals surface area contributed by atoms with Crippen LogP contribution in [0.1, 0.15) is 49.3 Å². The topological polar surface area (TPSA) is 104 Å². The number of nitrogens with zero attached hydrogens (tertiary/aromatic N) is 2. The lowest BCUT2D eigenvalue weighted by molar-refractivity contribution is 0.106. The molecule has 3 saturated carbocycles. The van der Waals surface area contributed by atoms with Gasteiger partial charge in [0.15, 0.2) is 5.82 Å². The highest BCUT2D eigenvalue weighted by molar-refractivity contribution is 7.07. The van der Waals surface area contributed by atoms with Crippen LogP contribution in [0.15, 0.2) is 16.8 Å². The SMILES string of the molecule is Nc1nc(N)c(N)c(C23CCC(CC2)C(c2ccsc2)C3)n1. The predicted molar refractivity (Wildman–Crippen MR) is 90.6 cm³/mol. The van der Waals surface area contributed by atoms with Gasteiger partial charge in [-0.25, -0.2) is 4.98 Å². The molecule has 0 radical (unpaired) electrons. The lowest BCUT2D eigenvalue weighted by Crippen LogP contribution is -2.43. The third-order valence-electron chi connectivity index (χ3n) is 5.63. The molecular formula is C16H21N5S. The van der Waals surface area contributed by atoms with E-state index in [0.717, 1.165) is 30.9 Å². The van der Waals surface area contributed by atoms with E-state index in [1.807, 2.05) is 0 Å². The molecule has 2 heterocycles. The van der Waals surface area contributed by atoms with Crippen LogP contribution < -0.4 is 17.2 Å². The number of fused-ring (bicyclic) bond motifs is 3. The van der Waals surface area contributed by atoms with Gasteiger partial charge < -0.3 is 17.2 Å². The van der Waals surface area contributed by atoms with Crippen molar-refractivity contribution in [2.24, 2.45) is 5.92 Å². The highest BCUT2D eigenvalue weighted by Crippen LogP contribution is 2.58. The molecule has 3 aliphatic rings. The van der Waals surface area contributed by atoms with Gasteiger partial charge in [0.2, 0.25) is 5.95 Å². The van der Waals surface area contributed by atoms with Crippen molar-refractivity contribution < 1.29 is 0 Å². The van der Waals surface area contributed by atoms with E-state index in [4.69, 9.17) is 17.2 Å². The maximum atomic E-state index is 6.22. The second-order valence-corrected chi connectivity index (χ2v) is 7.49. The van der Waals surface area contributed by atoms with Gasteiger partial charge >= 0.3 is 0 Å². The Kier molecular flexibility index (Phi) is 3.04. The van der Waals surface area contributed by atoms with Crippen molar-refractivity contribution >= 4 is 28.8 Å². The zero-order chi connectivity index (χ0) is 15.3. The van der Waals surface area contributed by atoms with Crippen LogP contribution in [-0.4, -0.2) is 9.97 Å². The second kappa shape index (κ2) is 4.84. The molecule has 22 heavy (non-hydrogen) atoms. The molecule has 0 aliphatic heterocycles. The highest BCUT2D eigenvalue weighted by atomic mass is 32.1. The van der Waals surface area contributed by atoms with Crippen LogP contribution in [0.4, 0.5) is 17.5 Å². The normalized spacial score (nSPS) is 30.5. The summed E-state index contributed by atoms with van der Waals surface area (Å²) >= 11 is 1.77. The van der Waals surface area contributed by atoms with Crippen molar-refractivity contribution in [2.45, 2.75) is 43.4 Å². The Morgan fingerprint density at radius 3 is 2.59 bits per heavy atom. The Hall–Kier alpha value is -1.82. The van der Waals surface area contributed by atoms with Crippen molar-refractivity contribution in [3.63, 3.8) is 0 Å².